The number of hydrogen-bond acceptors (Lipinski definition) is 1. The quantitative estimate of drug-likeness (QED) is 0.737. The van der Waals surface area contributed by atoms with E-state index in [9.17, 15) is 0 Å². The standard InChI is InChI=1S/C17H25N/c18-17(15-10-3-1-2-4-11-15)13-7-9-14-8-5-6-12-16(14)17/h5-6,8,12,15H,1-4,7,9-11,13,18H2. The van der Waals surface area contributed by atoms with Gasteiger partial charge in [-0.2, -0.15) is 0 Å². The molecule has 18 heavy (non-hydrogen) atoms. The number of aryl methyl sites for hydroxylation is 1. The first-order valence-electron chi connectivity index (χ1n) is 7.68. The van der Waals surface area contributed by atoms with Crippen LogP contribution >= 0.6 is 0 Å². The summed E-state index contributed by atoms with van der Waals surface area (Å²) < 4.78 is 0. The summed E-state index contributed by atoms with van der Waals surface area (Å²) in [5, 5.41) is 0. The van der Waals surface area contributed by atoms with E-state index in [1.54, 1.807) is 0 Å². The number of benzene rings is 1. The topological polar surface area (TPSA) is 26.0 Å². The van der Waals surface area contributed by atoms with Crippen molar-refractivity contribution in [3.05, 3.63) is 35.4 Å². The van der Waals surface area contributed by atoms with Gasteiger partial charge in [-0.1, -0.05) is 49.9 Å². The Morgan fingerprint density at radius 2 is 1.67 bits per heavy atom. The molecule has 2 aliphatic rings. The maximum absolute atomic E-state index is 6.91. The second-order valence-electron chi connectivity index (χ2n) is 6.24. The zero-order valence-electron chi connectivity index (χ0n) is 11.3. The lowest BCUT2D eigenvalue weighted by Gasteiger charge is -2.42. The molecule has 1 aromatic carbocycles. The molecule has 0 amide bonds. The third-order valence-electron chi connectivity index (χ3n) is 5.14. The lowest BCUT2D eigenvalue weighted by molar-refractivity contribution is 0.213. The van der Waals surface area contributed by atoms with Gasteiger partial charge in [0.05, 0.1) is 0 Å². The molecule has 1 heteroatoms. The lowest BCUT2D eigenvalue weighted by Crippen LogP contribution is -2.46. The van der Waals surface area contributed by atoms with Crippen LogP contribution in [0.1, 0.15) is 62.5 Å². The highest BCUT2D eigenvalue weighted by Crippen LogP contribution is 2.43. The summed E-state index contributed by atoms with van der Waals surface area (Å²) >= 11 is 0. The van der Waals surface area contributed by atoms with Crippen LogP contribution in [0.25, 0.3) is 0 Å². The van der Waals surface area contributed by atoms with Gasteiger partial charge in [0.1, 0.15) is 0 Å². The monoisotopic (exact) mass is 243 g/mol. The number of rotatable bonds is 1. The van der Waals surface area contributed by atoms with Gasteiger partial charge in [-0.25, -0.2) is 0 Å². The predicted octanol–water partition coefficient (Wildman–Crippen LogP) is 4.15. The molecule has 98 valence electrons. The highest BCUT2D eigenvalue weighted by atomic mass is 14.8. The van der Waals surface area contributed by atoms with E-state index in [0.717, 1.165) is 0 Å². The van der Waals surface area contributed by atoms with Crippen molar-refractivity contribution in [1.82, 2.24) is 0 Å². The first-order valence-corrected chi connectivity index (χ1v) is 7.68. The molecule has 1 nitrogen and oxygen atoms in total. The Bertz CT molecular complexity index is 404. The molecule has 1 atom stereocenters. The number of fused-ring (bicyclic) bond motifs is 1. The van der Waals surface area contributed by atoms with E-state index < -0.39 is 0 Å². The Balaban J connectivity index is 1.94. The molecule has 2 N–H and O–H groups in total. The van der Waals surface area contributed by atoms with Crippen LogP contribution in [-0.4, -0.2) is 0 Å². The van der Waals surface area contributed by atoms with Gasteiger partial charge in [0.15, 0.2) is 0 Å². The largest absolute Gasteiger partial charge is 0.321 e. The smallest absolute Gasteiger partial charge is 0.0441 e. The molecule has 0 spiro atoms. The highest BCUT2D eigenvalue weighted by Gasteiger charge is 2.39. The van der Waals surface area contributed by atoms with E-state index in [-0.39, 0.29) is 5.54 Å². The van der Waals surface area contributed by atoms with Crippen LogP contribution in [0.4, 0.5) is 0 Å². The van der Waals surface area contributed by atoms with E-state index in [4.69, 9.17) is 5.73 Å². The highest BCUT2D eigenvalue weighted by molar-refractivity contribution is 5.36. The van der Waals surface area contributed by atoms with E-state index >= 15 is 0 Å². The molecule has 1 unspecified atom stereocenters. The van der Waals surface area contributed by atoms with Crippen LogP contribution in [0.2, 0.25) is 0 Å². The summed E-state index contributed by atoms with van der Waals surface area (Å²) in [4.78, 5) is 0. The SMILES string of the molecule is NC1(C2CCCCCC2)CCCc2ccccc21. The maximum Gasteiger partial charge on any atom is 0.0441 e. The maximum atomic E-state index is 6.91. The van der Waals surface area contributed by atoms with Gasteiger partial charge in [0.25, 0.3) is 0 Å². The van der Waals surface area contributed by atoms with E-state index in [2.05, 4.69) is 24.3 Å². The van der Waals surface area contributed by atoms with Crippen LogP contribution in [-0.2, 0) is 12.0 Å². The summed E-state index contributed by atoms with van der Waals surface area (Å²) in [6.45, 7) is 0. The molecule has 0 aromatic heterocycles. The molecular formula is C17H25N. The molecule has 0 heterocycles. The van der Waals surface area contributed by atoms with Crippen molar-refractivity contribution in [2.45, 2.75) is 63.3 Å². The van der Waals surface area contributed by atoms with Crippen molar-refractivity contribution in [3.63, 3.8) is 0 Å². The Morgan fingerprint density at radius 3 is 2.44 bits per heavy atom. The van der Waals surface area contributed by atoms with Crippen molar-refractivity contribution in [3.8, 4) is 0 Å². The average Bonchev–Trinajstić information content (AvgIpc) is 2.69. The van der Waals surface area contributed by atoms with Crippen LogP contribution in [0.15, 0.2) is 24.3 Å². The van der Waals surface area contributed by atoms with Crippen LogP contribution in [0.5, 0.6) is 0 Å². The van der Waals surface area contributed by atoms with Crippen molar-refractivity contribution < 1.29 is 0 Å². The fourth-order valence-corrected chi connectivity index (χ4v) is 4.12. The van der Waals surface area contributed by atoms with Gasteiger partial charge >= 0.3 is 0 Å². The summed E-state index contributed by atoms with van der Waals surface area (Å²) in [7, 11) is 0. The van der Waals surface area contributed by atoms with Crippen molar-refractivity contribution in [2.24, 2.45) is 11.7 Å². The van der Waals surface area contributed by atoms with Gasteiger partial charge in [0, 0.05) is 5.54 Å². The molecule has 0 aliphatic heterocycles. The molecule has 0 saturated heterocycles. The normalized spacial score (nSPS) is 29.6. The minimum atomic E-state index is -0.0286. The van der Waals surface area contributed by atoms with Crippen LogP contribution in [0.3, 0.4) is 0 Å². The number of hydrogen-bond donors (Lipinski definition) is 1. The third kappa shape index (κ3) is 2.09. The van der Waals surface area contributed by atoms with Crippen molar-refractivity contribution >= 4 is 0 Å². The van der Waals surface area contributed by atoms with Crippen molar-refractivity contribution in [2.75, 3.05) is 0 Å². The molecule has 2 aliphatic carbocycles. The van der Waals surface area contributed by atoms with Gasteiger partial charge in [-0.3, -0.25) is 0 Å². The fraction of sp³-hybridized carbons (Fsp3) is 0.647. The van der Waals surface area contributed by atoms with Crippen LogP contribution in [0, 0.1) is 5.92 Å². The van der Waals surface area contributed by atoms with Gasteiger partial charge in [-0.05, 0) is 49.1 Å². The van der Waals surface area contributed by atoms with Crippen molar-refractivity contribution in [1.29, 1.82) is 0 Å². The van der Waals surface area contributed by atoms with E-state index in [1.807, 2.05) is 0 Å². The average molecular weight is 243 g/mol. The van der Waals surface area contributed by atoms with E-state index in [0.29, 0.717) is 5.92 Å². The Hall–Kier alpha value is -0.820. The van der Waals surface area contributed by atoms with E-state index in [1.165, 1.54) is 68.9 Å². The zero-order chi connectivity index (χ0) is 12.4. The first-order chi connectivity index (χ1) is 8.81. The molecule has 0 radical (unpaired) electrons. The zero-order valence-corrected chi connectivity index (χ0v) is 11.3. The molecule has 0 bridgehead atoms. The minimum Gasteiger partial charge on any atom is -0.321 e. The second kappa shape index (κ2) is 5.05. The van der Waals surface area contributed by atoms with Gasteiger partial charge < -0.3 is 5.73 Å². The molecule has 3 rings (SSSR count). The minimum absolute atomic E-state index is 0.0286. The molecular weight excluding hydrogens is 218 g/mol. The molecule has 1 saturated carbocycles. The molecule has 1 aromatic rings. The fourth-order valence-electron chi connectivity index (χ4n) is 4.12. The second-order valence-corrected chi connectivity index (χ2v) is 6.24. The van der Waals surface area contributed by atoms with Gasteiger partial charge in [-0.15, -0.1) is 0 Å². The third-order valence-corrected chi connectivity index (χ3v) is 5.14. The molecule has 1 fully saturated rings. The first kappa shape index (κ1) is 12.2. The summed E-state index contributed by atoms with van der Waals surface area (Å²) in [5.41, 5.74) is 9.86. The van der Waals surface area contributed by atoms with Crippen LogP contribution < -0.4 is 5.73 Å². The van der Waals surface area contributed by atoms with Gasteiger partial charge in [0.2, 0.25) is 0 Å². The number of nitrogens with two attached hydrogens (primary N) is 1. The Kier molecular flexibility index (Phi) is 3.43. The predicted molar refractivity (Wildman–Crippen MR) is 76.4 cm³/mol. The summed E-state index contributed by atoms with van der Waals surface area (Å²) in [5.74, 6) is 0.710. The Morgan fingerprint density at radius 1 is 0.944 bits per heavy atom. The Labute approximate surface area is 111 Å². The summed E-state index contributed by atoms with van der Waals surface area (Å²) in [6.07, 6.45) is 11.9. The summed E-state index contributed by atoms with van der Waals surface area (Å²) in [6, 6.07) is 8.91. The lowest BCUT2D eigenvalue weighted by atomic mass is 9.67.